The standard InChI is InChI=1S/C15H21NO8S2.C6H15N/c1-8-3-5-9(6-4-8)14(19)16-11-12(18)10(7-17)23-15(25-2)13(11)24-26(20,21)22;1-4-7(5-2)6-3/h3-6,10-13,15,17-18H,7H2,1-2H3,(H,16,19)(H,20,21,22);4-6H2,1-3H3/t10-,11+,12+,13-,15+;/m1./s1. The molecule has 190 valence electrons. The first kappa shape index (κ1) is 29.8. The number of rotatable bonds is 9. The third kappa shape index (κ3) is 9.49. The van der Waals surface area contributed by atoms with Crippen molar-refractivity contribution in [2.24, 2.45) is 0 Å². The lowest BCUT2D eigenvalue weighted by atomic mass is 9.96. The van der Waals surface area contributed by atoms with Crippen LogP contribution in [0.5, 0.6) is 0 Å². The summed E-state index contributed by atoms with van der Waals surface area (Å²) < 4.78 is 41.4. The zero-order valence-electron chi connectivity index (χ0n) is 19.7. The number of carbonyl (C=O) groups excluding carboxylic acids is 1. The molecule has 33 heavy (non-hydrogen) atoms. The van der Waals surface area contributed by atoms with E-state index >= 15 is 0 Å². The van der Waals surface area contributed by atoms with Gasteiger partial charge in [-0.25, -0.2) is 4.18 Å². The molecule has 0 saturated carbocycles. The fraction of sp³-hybridized carbons (Fsp3) is 0.667. The van der Waals surface area contributed by atoms with Crippen LogP contribution in [0.25, 0.3) is 0 Å². The van der Waals surface area contributed by atoms with Crippen LogP contribution in [0.1, 0.15) is 36.7 Å². The van der Waals surface area contributed by atoms with Crippen LogP contribution >= 0.6 is 11.8 Å². The van der Waals surface area contributed by atoms with E-state index in [0.29, 0.717) is 5.56 Å². The highest BCUT2D eigenvalue weighted by Crippen LogP contribution is 2.30. The average Bonchev–Trinajstić information content (AvgIpc) is 2.77. The fourth-order valence-electron chi connectivity index (χ4n) is 3.29. The lowest BCUT2D eigenvalue weighted by Gasteiger charge is -2.43. The topological polar surface area (TPSA) is 146 Å². The van der Waals surface area contributed by atoms with Crippen LogP contribution < -0.4 is 5.32 Å². The summed E-state index contributed by atoms with van der Waals surface area (Å²) in [6, 6.07) is 5.36. The highest BCUT2D eigenvalue weighted by molar-refractivity contribution is 7.99. The largest absolute Gasteiger partial charge is 0.397 e. The minimum atomic E-state index is -4.87. The summed E-state index contributed by atoms with van der Waals surface area (Å²) in [5.41, 5.74) is 0.282. The fourth-order valence-corrected chi connectivity index (χ4v) is 4.61. The molecule has 1 aliphatic heterocycles. The van der Waals surface area contributed by atoms with Crippen LogP contribution in [-0.2, 0) is 19.3 Å². The number of thioether (sulfide) groups is 1. The molecule has 12 heteroatoms. The lowest BCUT2D eigenvalue weighted by Crippen LogP contribution is -2.64. The Morgan fingerprint density at radius 1 is 1.18 bits per heavy atom. The number of aryl methyl sites for hydroxylation is 1. The van der Waals surface area contributed by atoms with E-state index in [9.17, 15) is 23.4 Å². The van der Waals surface area contributed by atoms with Gasteiger partial charge in [0.15, 0.2) is 0 Å². The van der Waals surface area contributed by atoms with Crippen LogP contribution in [0, 0.1) is 6.92 Å². The van der Waals surface area contributed by atoms with Gasteiger partial charge in [0.05, 0.1) is 12.6 Å². The molecule has 1 aliphatic rings. The monoisotopic (exact) mass is 508 g/mol. The molecular formula is C21H36N2O8S2. The number of hydrogen-bond donors (Lipinski definition) is 4. The number of ether oxygens (including phenoxy) is 1. The van der Waals surface area contributed by atoms with Crippen molar-refractivity contribution < 1.29 is 36.9 Å². The summed E-state index contributed by atoms with van der Waals surface area (Å²) in [6.07, 6.45) is -2.32. The first-order chi connectivity index (χ1) is 15.5. The van der Waals surface area contributed by atoms with Crippen LogP contribution in [0.2, 0.25) is 0 Å². The maximum Gasteiger partial charge on any atom is 0.397 e. The number of carbonyl (C=O) groups is 1. The molecule has 0 radical (unpaired) electrons. The third-order valence-corrected chi connectivity index (χ3v) is 6.59. The molecule has 1 saturated heterocycles. The van der Waals surface area contributed by atoms with Gasteiger partial charge in [-0.2, -0.15) is 8.42 Å². The zero-order valence-corrected chi connectivity index (χ0v) is 21.3. The second kappa shape index (κ2) is 14.2. The smallest absolute Gasteiger partial charge is 0.394 e. The number of amides is 1. The van der Waals surface area contributed by atoms with Gasteiger partial charge in [-0.3, -0.25) is 9.35 Å². The Kier molecular flexibility index (Phi) is 12.8. The van der Waals surface area contributed by atoms with Crippen molar-refractivity contribution in [2.45, 2.75) is 57.5 Å². The highest BCUT2D eigenvalue weighted by Gasteiger charge is 2.48. The lowest BCUT2D eigenvalue weighted by molar-refractivity contribution is -0.158. The Labute approximate surface area is 200 Å². The summed E-state index contributed by atoms with van der Waals surface area (Å²) in [7, 11) is -4.87. The maximum absolute atomic E-state index is 12.5. The summed E-state index contributed by atoms with van der Waals surface area (Å²) in [4.78, 5) is 14.8. The van der Waals surface area contributed by atoms with Gasteiger partial charge in [0.25, 0.3) is 5.91 Å². The van der Waals surface area contributed by atoms with E-state index in [0.717, 1.165) is 17.3 Å². The number of aliphatic hydroxyl groups excluding tert-OH is 2. The predicted octanol–water partition coefficient (Wildman–Crippen LogP) is 1.07. The van der Waals surface area contributed by atoms with E-state index in [1.165, 1.54) is 19.6 Å². The Morgan fingerprint density at radius 2 is 1.73 bits per heavy atom. The number of benzene rings is 1. The van der Waals surface area contributed by atoms with Crippen LogP contribution in [0.3, 0.4) is 0 Å². The quantitative estimate of drug-likeness (QED) is 0.357. The van der Waals surface area contributed by atoms with Gasteiger partial charge in [-0.1, -0.05) is 38.5 Å². The Hall–Kier alpha value is -1.25. The predicted molar refractivity (Wildman–Crippen MR) is 128 cm³/mol. The Balaban J connectivity index is 0.000000675. The molecular weight excluding hydrogens is 472 g/mol. The Morgan fingerprint density at radius 3 is 2.12 bits per heavy atom. The van der Waals surface area contributed by atoms with E-state index in [1.807, 2.05) is 6.92 Å². The number of nitrogens with one attached hydrogen (secondary N) is 1. The van der Waals surface area contributed by atoms with E-state index in [-0.39, 0.29) is 0 Å². The van der Waals surface area contributed by atoms with Crippen LogP contribution in [-0.4, -0.2) is 96.3 Å². The van der Waals surface area contributed by atoms with E-state index in [2.05, 4.69) is 35.2 Å². The molecule has 0 spiro atoms. The van der Waals surface area contributed by atoms with Gasteiger partial charge in [0, 0.05) is 5.56 Å². The van der Waals surface area contributed by atoms with Gasteiger partial charge >= 0.3 is 10.4 Å². The molecule has 10 nitrogen and oxygen atoms in total. The molecule has 0 bridgehead atoms. The van der Waals surface area contributed by atoms with Gasteiger partial charge in [-0.15, -0.1) is 11.8 Å². The second-order valence-electron chi connectivity index (χ2n) is 7.43. The van der Waals surface area contributed by atoms with Gasteiger partial charge < -0.3 is 25.2 Å². The summed E-state index contributed by atoms with van der Waals surface area (Å²) in [6.45, 7) is 11.4. The van der Waals surface area contributed by atoms with Crippen molar-refractivity contribution in [3.8, 4) is 0 Å². The second-order valence-corrected chi connectivity index (χ2v) is 9.41. The molecule has 1 amide bonds. The van der Waals surface area contributed by atoms with Crippen LogP contribution in [0.15, 0.2) is 24.3 Å². The molecule has 1 aromatic carbocycles. The molecule has 0 aromatic heterocycles. The van der Waals surface area contributed by atoms with Gasteiger partial charge in [0.1, 0.15) is 23.7 Å². The van der Waals surface area contributed by atoms with Crippen molar-refractivity contribution in [1.82, 2.24) is 10.2 Å². The summed E-state index contributed by atoms with van der Waals surface area (Å²) in [5.74, 6) is -0.573. The number of nitrogens with zero attached hydrogens (tertiary/aromatic N) is 1. The summed E-state index contributed by atoms with van der Waals surface area (Å²) in [5, 5.41) is 22.3. The zero-order chi connectivity index (χ0) is 25.2. The van der Waals surface area contributed by atoms with Crippen molar-refractivity contribution in [3.05, 3.63) is 35.4 Å². The maximum atomic E-state index is 12.5. The van der Waals surface area contributed by atoms with Gasteiger partial charge in [-0.05, 0) is 44.9 Å². The molecule has 5 atom stereocenters. The average molecular weight is 509 g/mol. The highest BCUT2D eigenvalue weighted by atomic mass is 32.3. The summed E-state index contributed by atoms with van der Waals surface area (Å²) >= 11 is 1.05. The number of hydrogen-bond acceptors (Lipinski definition) is 9. The molecule has 4 N–H and O–H groups in total. The third-order valence-electron chi connectivity index (χ3n) is 5.28. The normalized spacial score (nSPS) is 25.3. The first-order valence-electron chi connectivity index (χ1n) is 10.7. The molecule has 0 unspecified atom stereocenters. The van der Waals surface area contributed by atoms with Crippen molar-refractivity contribution in [1.29, 1.82) is 0 Å². The minimum absolute atomic E-state index is 0.293. The molecule has 1 heterocycles. The van der Waals surface area contributed by atoms with Crippen molar-refractivity contribution >= 4 is 28.1 Å². The first-order valence-corrected chi connectivity index (χ1v) is 13.4. The molecule has 0 aliphatic carbocycles. The van der Waals surface area contributed by atoms with Crippen LogP contribution in [0.4, 0.5) is 0 Å². The minimum Gasteiger partial charge on any atom is -0.394 e. The number of aliphatic hydroxyl groups is 2. The molecule has 2 rings (SSSR count). The SMILES string of the molecule is CCN(CC)CC.CS[C@@H]1O[C@H](CO)[C@H](O)[C@H](NC(=O)c2ccc(C)cc2)[C@H]1OS(=O)(=O)O. The molecule has 1 aromatic rings. The van der Waals surface area contributed by atoms with Crippen molar-refractivity contribution in [3.63, 3.8) is 0 Å². The van der Waals surface area contributed by atoms with E-state index < -0.39 is 52.7 Å². The Bertz CT molecular complexity index is 813. The van der Waals surface area contributed by atoms with E-state index in [4.69, 9.17) is 9.29 Å². The van der Waals surface area contributed by atoms with E-state index in [1.54, 1.807) is 30.5 Å². The van der Waals surface area contributed by atoms with Gasteiger partial charge in [0.2, 0.25) is 0 Å². The molecule has 1 fully saturated rings. The van der Waals surface area contributed by atoms with Crippen molar-refractivity contribution in [2.75, 3.05) is 32.5 Å².